The SMILES string of the molecule is COC(=O)C(NS(=O)(=O)CC(C)c1ccccc1)C(C)C. The predicted octanol–water partition coefficient (Wildman–Crippen LogP) is 1.91. The van der Waals surface area contributed by atoms with Gasteiger partial charge >= 0.3 is 5.97 Å². The molecule has 2 atom stereocenters. The first-order valence-electron chi connectivity index (χ1n) is 6.89. The van der Waals surface area contributed by atoms with E-state index in [1.807, 2.05) is 37.3 Å². The second kappa shape index (κ2) is 7.56. The van der Waals surface area contributed by atoms with Crippen LogP contribution in [0, 0.1) is 5.92 Å². The van der Waals surface area contributed by atoms with Gasteiger partial charge in [-0.05, 0) is 17.4 Å². The van der Waals surface area contributed by atoms with Gasteiger partial charge in [-0.15, -0.1) is 0 Å². The molecule has 0 aromatic heterocycles. The highest BCUT2D eigenvalue weighted by atomic mass is 32.2. The number of hydrogen-bond acceptors (Lipinski definition) is 4. The zero-order valence-electron chi connectivity index (χ0n) is 12.9. The number of ether oxygens (including phenoxy) is 1. The maximum atomic E-state index is 12.2. The molecule has 0 amide bonds. The van der Waals surface area contributed by atoms with Gasteiger partial charge in [0.05, 0.1) is 12.9 Å². The number of methoxy groups -OCH3 is 1. The molecule has 118 valence electrons. The Bertz CT molecular complexity index is 554. The second-order valence-corrected chi connectivity index (χ2v) is 7.25. The molecule has 1 aromatic rings. The summed E-state index contributed by atoms with van der Waals surface area (Å²) in [6, 6.07) is 8.55. The van der Waals surface area contributed by atoms with Gasteiger partial charge in [0.2, 0.25) is 10.0 Å². The summed E-state index contributed by atoms with van der Waals surface area (Å²) in [4.78, 5) is 11.6. The third-order valence-corrected chi connectivity index (χ3v) is 4.82. The summed E-state index contributed by atoms with van der Waals surface area (Å²) in [5.74, 6) is -0.980. The van der Waals surface area contributed by atoms with E-state index in [-0.39, 0.29) is 17.6 Å². The van der Waals surface area contributed by atoms with Crippen molar-refractivity contribution in [3.63, 3.8) is 0 Å². The molecule has 6 heteroatoms. The lowest BCUT2D eigenvalue weighted by Crippen LogP contribution is -2.46. The molecule has 0 aliphatic rings. The largest absolute Gasteiger partial charge is 0.468 e. The maximum absolute atomic E-state index is 12.2. The van der Waals surface area contributed by atoms with Crippen LogP contribution in [0.4, 0.5) is 0 Å². The Hall–Kier alpha value is -1.40. The molecular formula is C15H23NO4S. The molecule has 5 nitrogen and oxygen atoms in total. The standard InChI is InChI=1S/C15H23NO4S/c1-11(2)14(15(17)20-4)16-21(18,19)10-12(3)13-8-6-5-7-9-13/h5-9,11-12,14,16H,10H2,1-4H3. The van der Waals surface area contributed by atoms with Crippen LogP contribution in [-0.2, 0) is 19.6 Å². The predicted molar refractivity (Wildman–Crippen MR) is 82.4 cm³/mol. The van der Waals surface area contributed by atoms with Gasteiger partial charge in [-0.1, -0.05) is 51.1 Å². The summed E-state index contributed by atoms with van der Waals surface area (Å²) < 4.78 is 31.5. The number of benzene rings is 1. The second-order valence-electron chi connectivity index (χ2n) is 5.46. The van der Waals surface area contributed by atoms with E-state index >= 15 is 0 Å². The van der Waals surface area contributed by atoms with Gasteiger partial charge in [-0.25, -0.2) is 13.1 Å². The average molecular weight is 313 g/mol. The normalized spacial score (nSPS) is 14.7. The van der Waals surface area contributed by atoms with Crippen LogP contribution in [0.1, 0.15) is 32.3 Å². The molecule has 1 N–H and O–H groups in total. The lowest BCUT2D eigenvalue weighted by molar-refractivity contribution is -0.143. The van der Waals surface area contributed by atoms with E-state index in [0.717, 1.165) is 5.56 Å². The fourth-order valence-corrected chi connectivity index (χ4v) is 3.73. The van der Waals surface area contributed by atoms with Crippen LogP contribution in [0.3, 0.4) is 0 Å². The maximum Gasteiger partial charge on any atom is 0.324 e. The molecule has 0 saturated carbocycles. The first-order valence-corrected chi connectivity index (χ1v) is 8.55. The summed E-state index contributed by atoms with van der Waals surface area (Å²) in [6.07, 6.45) is 0. The zero-order chi connectivity index (χ0) is 16.0. The molecule has 0 aliphatic heterocycles. The molecule has 0 fully saturated rings. The van der Waals surface area contributed by atoms with Crippen molar-refractivity contribution in [2.45, 2.75) is 32.7 Å². The summed E-state index contributed by atoms with van der Waals surface area (Å²) in [5.41, 5.74) is 0.946. The van der Waals surface area contributed by atoms with Crippen molar-refractivity contribution in [1.82, 2.24) is 4.72 Å². The lowest BCUT2D eigenvalue weighted by Gasteiger charge is -2.21. The van der Waals surface area contributed by atoms with E-state index in [0.29, 0.717) is 0 Å². The fraction of sp³-hybridized carbons (Fsp3) is 0.533. The zero-order valence-corrected chi connectivity index (χ0v) is 13.7. The molecule has 0 spiro atoms. The van der Waals surface area contributed by atoms with Crippen molar-refractivity contribution in [3.8, 4) is 0 Å². The van der Waals surface area contributed by atoms with E-state index in [9.17, 15) is 13.2 Å². The smallest absolute Gasteiger partial charge is 0.324 e. The lowest BCUT2D eigenvalue weighted by atomic mass is 10.0. The van der Waals surface area contributed by atoms with E-state index in [4.69, 9.17) is 0 Å². The first-order chi connectivity index (χ1) is 9.76. The third kappa shape index (κ3) is 5.47. The van der Waals surface area contributed by atoms with Crippen molar-refractivity contribution in [1.29, 1.82) is 0 Å². The minimum absolute atomic E-state index is 0.0722. The highest BCUT2D eigenvalue weighted by molar-refractivity contribution is 7.89. The Morgan fingerprint density at radius 3 is 2.24 bits per heavy atom. The van der Waals surface area contributed by atoms with Gasteiger partial charge in [0.25, 0.3) is 0 Å². The van der Waals surface area contributed by atoms with Crippen LogP contribution in [-0.4, -0.2) is 33.3 Å². The number of sulfonamides is 1. The Kier molecular flexibility index (Phi) is 6.36. The van der Waals surface area contributed by atoms with Crippen LogP contribution >= 0.6 is 0 Å². The van der Waals surface area contributed by atoms with Gasteiger partial charge in [-0.3, -0.25) is 4.79 Å². The molecule has 21 heavy (non-hydrogen) atoms. The van der Waals surface area contributed by atoms with Crippen LogP contribution in [0.25, 0.3) is 0 Å². The van der Waals surface area contributed by atoms with E-state index in [1.54, 1.807) is 13.8 Å². The van der Waals surface area contributed by atoms with Crippen LogP contribution in [0.5, 0.6) is 0 Å². The third-order valence-electron chi connectivity index (χ3n) is 3.27. The van der Waals surface area contributed by atoms with E-state index in [1.165, 1.54) is 7.11 Å². The molecule has 0 bridgehead atoms. The number of carbonyl (C=O) groups excluding carboxylic acids is 1. The Morgan fingerprint density at radius 2 is 1.76 bits per heavy atom. The highest BCUT2D eigenvalue weighted by Crippen LogP contribution is 2.17. The fourth-order valence-electron chi connectivity index (χ4n) is 2.03. The minimum atomic E-state index is -3.58. The molecule has 0 radical (unpaired) electrons. The number of hydrogen-bond donors (Lipinski definition) is 1. The van der Waals surface area contributed by atoms with Crippen molar-refractivity contribution < 1.29 is 17.9 Å². The summed E-state index contributed by atoms with van der Waals surface area (Å²) >= 11 is 0. The highest BCUT2D eigenvalue weighted by Gasteiger charge is 2.29. The van der Waals surface area contributed by atoms with Crippen LogP contribution in [0.15, 0.2) is 30.3 Å². The Morgan fingerprint density at radius 1 is 1.19 bits per heavy atom. The number of rotatable bonds is 7. The van der Waals surface area contributed by atoms with Gasteiger partial charge in [0.1, 0.15) is 6.04 Å². The number of carbonyl (C=O) groups is 1. The Balaban J connectivity index is 2.79. The molecule has 0 heterocycles. The van der Waals surface area contributed by atoms with Gasteiger partial charge in [0.15, 0.2) is 0 Å². The van der Waals surface area contributed by atoms with Crippen molar-refractivity contribution in [2.24, 2.45) is 5.92 Å². The van der Waals surface area contributed by atoms with Gasteiger partial charge < -0.3 is 4.74 Å². The first kappa shape index (κ1) is 17.7. The van der Waals surface area contributed by atoms with Gasteiger partial charge in [-0.2, -0.15) is 0 Å². The van der Waals surface area contributed by atoms with Crippen molar-refractivity contribution in [3.05, 3.63) is 35.9 Å². The van der Waals surface area contributed by atoms with Crippen LogP contribution < -0.4 is 4.72 Å². The van der Waals surface area contributed by atoms with E-state index < -0.39 is 22.0 Å². The summed E-state index contributed by atoms with van der Waals surface area (Å²) in [7, 11) is -2.33. The number of esters is 1. The molecule has 0 saturated heterocycles. The van der Waals surface area contributed by atoms with Crippen molar-refractivity contribution in [2.75, 3.05) is 12.9 Å². The Labute approximate surface area is 126 Å². The van der Waals surface area contributed by atoms with Gasteiger partial charge in [0, 0.05) is 0 Å². The minimum Gasteiger partial charge on any atom is -0.468 e. The summed E-state index contributed by atoms with van der Waals surface area (Å²) in [5, 5.41) is 0. The number of nitrogens with one attached hydrogen (secondary N) is 1. The monoisotopic (exact) mass is 313 g/mol. The van der Waals surface area contributed by atoms with E-state index in [2.05, 4.69) is 9.46 Å². The molecular weight excluding hydrogens is 290 g/mol. The summed E-state index contributed by atoms with van der Waals surface area (Å²) in [6.45, 7) is 5.38. The topological polar surface area (TPSA) is 72.5 Å². The average Bonchev–Trinajstić information content (AvgIpc) is 2.44. The molecule has 1 rings (SSSR count). The molecule has 2 unspecified atom stereocenters. The van der Waals surface area contributed by atoms with Crippen LogP contribution in [0.2, 0.25) is 0 Å². The quantitative estimate of drug-likeness (QED) is 0.781. The molecule has 1 aromatic carbocycles. The van der Waals surface area contributed by atoms with Crippen molar-refractivity contribution >= 4 is 16.0 Å². The molecule has 0 aliphatic carbocycles.